The standard InChI is InChI=1S/C11H15N3O2/c1-8(13-14-11(12)15)10(16-2)9-6-4-3-5-7-9/h3-7,10H,1-2H3,(H3,12,14,15)/b13-8-. The molecule has 16 heavy (non-hydrogen) atoms. The zero-order chi connectivity index (χ0) is 12.0. The van der Waals surface area contributed by atoms with Gasteiger partial charge in [-0.1, -0.05) is 30.3 Å². The van der Waals surface area contributed by atoms with E-state index >= 15 is 0 Å². The molecule has 0 aliphatic heterocycles. The number of carbonyl (C=O) groups is 1. The lowest BCUT2D eigenvalue weighted by atomic mass is 10.1. The van der Waals surface area contributed by atoms with Crippen molar-refractivity contribution in [1.29, 1.82) is 0 Å². The van der Waals surface area contributed by atoms with E-state index in [4.69, 9.17) is 10.5 Å². The molecule has 1 aromatic rings. The van der Waals surface area contributed by atoms with E-state index in [0.717, 1.165) is 5.56 Å². The number of nitrogens with one attached hydrogen (secondary N) is 1. The number of benzene rings is 1. The molecule has 1 rings (SSSR count). The first-order valence-electron chi connectivity index (χ1n) is 4.82. The van der Waals surface area contributed by atoms with Gasteiger partial charge in [-0.15, -0.1) is 0 Å². The Labute approximate surface area is 94.3 Å². The van der Waals surface area contributed by atoms with E-state index in [0.29, 0.717) is 5.71 Å². The van der Waals surface area contributed by atoms with Gasteiger partial charge in [0.05, 0.1) is 5.71 Å². The van der Waals surface area contributed by atoms with Crippen LogP contribution in [0, 0.1) is 0 Å². The van der Waals surface area contributed by atoms with Crippen molar-refractivity contribution in [3.63, 3.8) is 0 Å². The van der Waals surface area contributed by atoms with Crippen molar-refractivity contribution in [1.82, 2.24) is 5.43 Å². The molecule has 0 heterocycles. The Morgan fingerprint density at radius 3 is 2.56 bits per heavy atom. The van der Waals surface area contributed by atoms with Crippen molar-refractivity contribution in [2.24, 2.45) is 10.8 Å². The summed E-state index contributed by atoms with van der Waals surface area (Å²) in [5, 5.41) is 3.84. The van der Waals surface area contributed by atoms with Gasteiger partial charge in [0.15, 0.2) is 0 Å². The van der Waals surface area contributed by atoms with Crippen LogP contribution in [-0.4, -0.2) is 18.9 Å². The number of nitrogens with zero attached hydrogens (tertiary/aromatic N) is 1. The summed E-state index contributed by atoms with van der Waals surface area (Å²) in [4.78, 5) is 10.5. The normalized spacial score (nSPS) is 13.2. The summed E-state index contributed by atoms with van der Waals surface area (Å²) in [5.74, 6) is 0. The van der Waals surface area contributed by atoms with E-state index in [1.54, 1.807) is 14.0 Å². The van der Waals surface area contributed by atoms with Crippen LogP contribution in [0.15, 0.2) is 35.4 Å². The monoisotopic (exact) mass is 221 g/mol. The first-order chi connectivity index (χ1) is 7.65. The molecule has 0 saturated heterocycles. The lowest BCUT2D eigenvalue weighted by Gasteiger charge is -2.15. The first-order valence-corrected chi connectivity index (χ1v) is 4.82. The van der Waals surface area contributed by atoms with Gasteiger partial charge >= 0.3 is 6.03 Å². The number of hydrazone groups is 1. The van der Waals surface area contributed by atoms with Gasteiger partial charge in [0.25, 0.3) is 0 Å². The number of methoxy groups -OCH3 is 1. The third-order valence-electron chi connectivity index (χ3n) is 2.06. The Balaban J connectivity index is 2.82. The first kappa shape index (κ1) is 12.2. The van der Waals surface area contributed by atoms with Gasteiger partial charge in [0, 0.05) is 7.11 Å². The molecule has 0 bridgehead atoms. The van der Waals surface area contributed by atoms with Gasteiger partial charge in [-0.05, 0) is 12.5 Å². The number of primary amides is 1. The minimum atomic E-state index is -0.692. The lowest BCUT2D eigenvalue weighted by Crippen LogP contribution is -2.26. The maximum Gasteiger partial charge on any atom is 0.332 e. The summed E-state index contributed by atoms with van der Waals surface area (Å²) < 4.78 is 5.31. The van der Waals surface area contributed by atoms with Crippen LogP contribution < -0.4 is 11.2 Å². The smallest absolute Gasteiger partial charge is 0.332 e. The van der Waals surface area contributed by atoms with Crippen LogP contribution in [0.25, 0.3) is 0 Å². The zero-order valence-corrected chi connectivity index (χ0v) is 9.31. The van der Waals surface area contributed by atoms with Crippen LogP contribution in [0.5, 0.6) is 0 Å². The summed E-state index contributed by atoms with van der Waals surface area (Å²) in [5.41, 5.74) is 8.70. The van der Waals surface area contributed by atoms with Crippen LogP contribution >= 0.6 is 0 Å². The van der Waals surface area contributed by atoms with E-state index in [-0.39, 0.29) is 6.10 Å². The molecule has 1 unspecified atom stereocenters. The molecule has 0 aliphatic carbocycles. The number of amides is 2. The molecule has 2 amide bonds. The summed E-state index contributed by atoms with van der Waals surface area (Å²) in [7, 11) is 1.58. The number of carbonyl (C=O) groups excluding carboxylic acids is 1. The highest BCUT2D eigenvalue weighted by Gasteiger charge is 2.13. The third kappa shape index (κ3) is 3.36. The Hall–Kier alpha value is -1.88. The molecular formula is C11H15N3O2. The maximum absolute atomic E-state index is 10.5. The van der Waals surface area contributed by atoms with Gasteiger partial charge in [0.1, 0.15) is 6.10 Å². The van der Waals surface area contributed by atoms with Crippen LogP contribution in [0.1, 0.15) is 18.6 Å². The second-order valence-corrected chi connectivity index (χ2v) is 3.26. The Morgan fingerprint density at radius 1 is 1.44 bits per heavy atom. The van der Waals surface area contributed by atoms with E-state index in [9.17, 15) is 4.79 Å². The van der Waals surface area contributed by atoms with Crippen LogP contribution in [-0.2, 0) is 4.74 Å². The number of hydrogen-bond acceptors (Lipinski definition) is 3. The predicted molar refractivity (Wildman–Crippen MR) is 62.0 cm³/mol. The molecule has 5 nitrogen and oxygen atoms in total. The van der Waals surface area contributed by atoms with Gasteiger partial charge < -0.3 is 10.5 Å². The van der Waals surface area contributed by atoms with Gasteiger partial charge in [-0.3, -0.25) is 0 Å². The molecule has 1 aromatic carbocycles. The second-order valence-electron chi connectivity index (χ2n) is 3.26. The Morgan fingerprint density at radius 2 is 2.06 bits per heavy atom. The molecule has 86 valence electrons. The minimum Gasteiger partial charge on any atom is -0.371 e. The number of ether oxygens (including phenoxy) is 1. The molecule has 3 N–H and O–H groups in total. The highest BCUT2D eigenvalue weighted by atomic mass is 16.5. The average molecular weight is 221 g/mol. The van der Waals surface area contributed by atoms with Gasteiger partial charge in [-0.25, -0.2) is 10.2 Å². The van der Waals surface area contributed by atoms with Gasteiger partial charge in [-0.2, -0.15) is 5.10 Å². The molecule has 0 fully saturated rings. The topological polar surface area (TPSA) is 76.7 Å². The fourth-order valence-electron chi connectivity index (χ4n) is 1.38. The van der Waals surface area contributed by atoms with Crippen molar-refractivity contribution in [3.05, 3.63) is 35.9 Å². The molecule has 0 aromatic heterocycles. The molecule has 1 atom stereocenters. The van der Waals surface area contributed by atoms with E-state index in [1.165, 1.54) is 0 Å². The number of urea groups is 1. The minimum absolute atomic E-state index is 0.284. The SMILES string of the molecule is COC(/C(C)=N\NC(N)=O)c1ccccc1. The van der Waals surface area contributed by atoms with E-state index in [2.05, 4.69) is 10.5 Å². The quantitative estimate of drug-likeness (QED) is 0.595. The third-order valence-corrected chi connectivity index (χ3v) is 2.06. The molecular weight excluding hydrogens is 206 g/mol. The second kappa shape index (κ2) is 5.87. The predicted octanol–water partition coefficient (Wildman–Crippen LogP) is 1.42. The molecule has 5 heteroatoms. The van der Waals surface area contributed by atoms with Crippen molar-refractivity contribution in [2.45, 2.75) is 13.0 Å². The highest BCUT2D eigenvalue weighted by Crippen LogP contribution is 2.17. The highest BCUT2D eigenvalue weighted by molar-refractivity contribution is 5.88. The number of hydrogen-bond donors (Lipinski definition) is 2. The zero-order valence-electron chi connectivity index (χ0n) is 9.31. The summed E-state index contributed by atoms with van der Waals surface area (Å²) >= 11 is 0. The number of nitrogens with two attached hydrogens (primary N) is 1. The van der Waals surface area contributed by atoms with Crippen molar-refractivity contribution in [2.75, 3.05) is 7.11 Å². The van der Waals surface area contributed by atoms with Crippen molar-refractivity contribution in [3.8, 4) is 0 Å². The molecule has 0 spiro atoms. The molecule has 0 radical (unpaired) electrons. The van der Waals surface area contributed by atoms with E-state index in [1.807, 2.05) is 30.3 Å². The van der Waals surface area contributed by atoms with Crippen LogP contribution in [0.2, 0.25) is 0 Å². The maximum atomic E-state index is 10.5. The largest absolute Gasteiger partial charge is 0.371 e. The lowest BCUT2D eigenvalue weighted by molar-refractivity contribution is 0.157. The Bertz CT molecular complexity index is 376. The van der Waals surface area contributed by atoms with Crippen molar-refractivity contribution < 1.29 is 9.53 Å². The molecule has 0 aliphatic rings. The number of rotatable bonds is 4. The van der Waals surface area contributed by atoms with E-state index < -0.39 is 6.03 Å². The Kier molecular flexibility index (Phi) is 4.47. The summed E-state index contributed by atoms with van der Waals surface area (Å²) in [6.45, 7) is 1.76. The summed E-state index contributed by atoms with van der Waals surface area (Å²) in [6.07, 6.45) is -0.284. The van der Waals surface area contributed by atoms with Crippen molar-refractivity contribution >= 4 is 11.7 Å². The fraction of sp³-hybridized carbons (Fsp3) is 0.273. The van der Waals surface area contributed by atoms with Crippen LogP contribution in [0.3, 0.4) is 0 Å². The molecule has 0 saturated carbocycles. The fourth-order valence-corrected chi connectivity index (χ4v) is 1.38. The average Bonchev–Trinajstić information content (AvgIpc) is 2.29. The van der Waals surface area contributed by atoms with Gasteiger partial charge in [0.2, 0.25) is 0 Å². The van der Waals surface area contributed by atoms with Crippen LogP contribution in [0.4, 0.5) is 4.79 Å². The summed E-state index contributed by atoms with van der Waals surface area (Å²) in [6, 6.07) is 8.91.